The molecule has 1 atom stereocenters. The van der Waals surface area contributed by atoms with Gasteiger partial charge in [-0.15, -0.1) is 12.4 Å². The highest BCUT2D eigenvalue weighted by Gasteiger charge is 2.05. The first-order valence-electron chi connectivity index (χ1n) is 3.92. The van der Waals surface area contributed by atoms with Gasteiger partial charge in [-0.25, -0.2) is 0 Å². The van der Waals surface area contributed by atoms with Gasteiger partial charge in [0.2, 0.25) is 0 Å². The van der Waals surface area contributed by atoms with Crippen molar-refractivity contribution in [2.24, 2.45) is 5.73 Å². The fourth-order valence-corrected chi connectivity index (χ4v) is 1.01. The summed E-state index contributed by atoms with van der Waals surface area (Å²) in [6, 6.07) is 4.57. The van der Waals surface area contributed by atoms with Crippen LogP contribution < -0.4 is 5.73 Å². The molecule has 0 aliphatic heterocycles. The molecule has 0 aromatic heterocycles. The zero-order valence-electron chi connectivity index (χ0n) is 7.40. The molecule has 1 aromatic rings. The Morgan fingerprint density at radius 3 is 2.38 bits per heavy atom. The van der Waals surface area contributed by atoms with Crippen molar-refractivity contribution in [1.82, 2.24) is 0 Å². The molecule has 0 aliphatic carbocycles. The molecule has 0 spiro atoms. The van der Waals surface area contributed by atoms with Crippen molar-refractivity contribution in [2.75, 3.05) is 0 Å². The zero-order valence-corrected chi connectivity index (χ0v) is 8.21. The van der Waals surface area contributed by atoms with E-state index < -0.39 is 0 Å². The highest BCUT2D eigenvalue weighted by atomic mass is 35.5. The molecule has 0 amide bonds. The fraction of sp³-hybridized carbons (Fsp3) is 0.333. The number of aromatic hydroxyl groups is 2. The van der Waals surface area contributed by atoms with Crippen LogP contribution in [0, 0.1) is 0 Å². The van der Waals surface area contributed by atoms with Gasteiger partial charge >= 0.3 is 0 Å². The highest BCUT2D eigenvalue weighted by molar-refractivity contribution is 5.85. The van der Waals surface area contributed by atoms with E-state index in [1.54, 1.807) is 6.07 Å². The topological polar surface area (TPSA) is 66.5 Å². The van der Waals surface area contributed by atoms with Gasteiger partial charge in [0.15, 0.2) is 11.5 Å². The van der Waals surface area contributed by atoms with Crippen molar-refractivity contribution in [3.05, 3.63) is 23.8 Å². The van der Waals surface area contributed by atoms with E-state index >= 15 is 0 Å². The first-order valence-corrected chi connectivity index (χ1v) is 3.92. The summed E-state index contributed by atoms with van der Waals surface area (Å²) in [4.78, 5) is 0. The molecule has 0 saturated carbocycles. The lowest BCUT2D eigenvalue weighted by Crippen LogP contribution is -2.07. The van der Waals surface area contributed by atoms with E-state index in [9.17, 15) is 0 Å². The van der Waals surface area contributed by atoms with Gasteiger partial charge in [-0.1, -0.05) is 13.0 Å². The van der Waals surface area contributed by atoms with Crippen LogP contribution in [0.1, 0.15) is 24.9 Å². The minimum absolute atomic E-state index is 0. The number of benzene rings is 1. The molecule has 0 saturated heterocycles. The smallest absolute Gasteiger partial charge is 0.157 e. The normalized spacial score (nSPS) is 11.8. The van der Waals surface area contributed by atoms with Crippen LogP contribution in [0.15, 0.2) is 18.2 Å². The quantitative estimate of drug-likeness (QED) is 0.644. The summed E-state index contributed by atoms with van der Waals surface area (Å²) in [5.74, 6) is -0.224. The molecule has 4 N–H and O–H groups in total. The molecule has 0 aliphatic rings. The summed E-state index contributed by atoms with van der Waals surface area (Å²) in [6.07, 6.45) is 0.810. The lowest BCUT2D eigenvalue weighted by atomic mass is 10.1. The second kappa shape index (κ2) is 4.94. The molecular weight excluding hydrogens is 190 g/mol. The third kappa shape index (κ3) is 2.79. The van der Waals surface area contributed by atoms with Crippen LogP contribution in [-0.2, 0) is 0 Å². The van der Waals surface area contributed by atoms with Crippen molar-refractivity contribution in [1.29, 1.82) is 0 Å². The number of hydrogen-bond donors (Lipinski definition) is 3. The van der Waals surface area contributed by atoms with Crippen LogP contribution in [0.3, 0.4) is 0 Å². The molecule has 4 heteroatoms. The molecule has 3 nitrogen and oxygen atoms in total. The van der Waals surface area contributed by atoms with Crippen LogP contribution in [0.5, 0.6) is 11.5 Å². The highest BCUT2D eigenvalue weighted by Crippen LogP contribution is 2.27. The van der Waals surface area contributed by atoms with E-state index in [1.165, 1.54) is 12.1 Å². The summed E-state index contributed by atoms with van der Waals surface area (Å²) in [6.45, 7) is 1.97. The summed E-state index contributed by atoms with van der Waals surface area (Å²) < 4.78 is 0. The van der Waals surface area contributed by atoms with Crippen LogP contribution in [0.25, 0.3) is 0 Å². The average molecular weight is 204 g/mol. The van der Waals surface area contributed by atoms with Gasteiger partial charge in [0.05, 0.1) is 0 Å². The van der Waals surface area contributed by atoms with Gasteiger partial charge in [0, 0.05) is 6.04 Å². The van der Waals surface area contributed by atoms with Gasteiger partial charge in [-0.3, -0.25) is 0 Å². The number of phenolic OH excluding ortho intramolecular Hbond substituents is 2. The molecule has 0 heterocycles. The van der Waals surface area contributed by atoms with Crippen molar-refractivity contribution >= 4 is 12.4 Å². The zero-order chi connectivity index (χ0) is 9.14. The molecular formula is C9H14ClNO2. The monoisotopic (exact) mass is 203 g/mol. The Hall–Kier alpha value is -0.930. The SMILES string of the molecule is CC[C@@H](N)c1ccc(O)c(O)c1.Cl. The predicted octanol–water partition coefficient (Wildman–Crippen LogP) is 1.93. The Bertz CT molecular complexity index is 278. The molecule has 0 unspecified atom stereocenters. The standard InChI is InChI=1S/C9H13NO2.ClH/c1-2-7(10)6-3-4-8(11)9(12)5-6;/h3-5,7,11-12H,2,10H2,1H3;1H/t7-;/m1./s1. The summed E-state index contributed by atoms with van der Waals surface area (Å²) in [7, 11) is 0. The lowest BCUT2D eigenvalue weighted by Gasteiger charge is -2.09. The van der Waals surface area contributed by atoms with Crippen LogP contribution in [-0.4, -0.2) is 10.2 Å². The van der Waals surface area contributed by atoms with E-state index in [2.05, 4.69) is 0 Å². The maximum atomic E-state index is 9.14. The van der Waals surface area contributed by atoms with E-state index in [-0.39, 0.29) is 29.9 Å². The Labute approximate surface area is 83.6 Å². The van der Waals surface area contributed by atoms with E-state index in [0.29, 0.717) is 0 Å². The van der Waals surface area contributed by atoms with Crippen LogP contribution in [0.4, 0.5) is 0 Å². The van der Waals surface area contributed by atoms with Gasteiger partial charge in [-0.05, 0) is 24.1 Å². The lowest BCUT2D eigenvalue weighted by molar-refractivity contribution is 0.402. The van der Waals surface area contributed by atoms with Gasteiger partial charge in [0.1, 0.15) is 0 Å². The number of hydrogen-bond acceptors (Lipinski definition) is 3. The number of rotatable bonds is 2. The largest absolute Gasteiger partial charge is 0.504 e. The van der Waals surface area contributed by atoms with Crippen molar-refractivity contribution in [3.8, 4) is 11.5 Å². The number of halogens is 1. The van der Waals surface area contributed by atoms with Gasteiger partial charge in [-0.2, -0.15) is 0 Å². The fourth-order valence-electron chi connectivity index (χ4n) is 1.01. The van der Waals surface area contributed by atoms with Gasteiger partial charge in [0.25, 0.3) is 0 Å². The first kappa shape index (κ1) is 12.1. The summed E-state index contributed by atoms with van der Waals surface area (Å²) in [5.41, 5.74) is 6.56. The first-order chi connectivity index (χ1) is 5.65. The Balaban J connectivity index is 0.00000144. The van der Waals surface area contributed by atoms with E-state index in [1.807, 2.05) is 6.92 Å². The molecule has 0 bridgehead atoms. The maximum Gasteiger partial charge on any atom is 0.157 e. The van der Waals surface area contributed by atoms with E-state index in [4.69, 9.17) is 15.9 Å². The number of phenols is 2. The van der Waals surface area contributed by atoms with Crippen LogP contribution >= 0.6 is 12.4 Å². The minimum Gasteiger partial charge on any atom is -0.504 e. The summed E-state index contributed by atoms with van der Waals surface area (Å²) >= 11 is 0. The molecule has 74 valence electrons. The second-order valence-corrected chi connectivity index (χ2v) is 2.76. The predicted molar refractivity (Wildman–Crippen MR) is 54.2 cm³/mol. The van der Waals surface area contributed by atoms with Crippen molar-refractivity contribution in [2.45, 2.75) is 19.4 Å². The minimum atomic E-state index is -0.114. The molecule has 1 rings (SSSR count). The molecule has 13 heavy (non-hydrogen) atoms. The van der Waals surface area contributed by atoms with Crippen LogP contribution in [0.2, 0.25) is 0 Å². The third-order valence-electron chi connectivity index (χ3n) is 1.87. The third-order valence-corrected chi connectivity index (χ3v) is 1.87. The second-order valence-electron chi connectivity index (χ2n) is 2.76. The average Bonchev–Trinajstić information content (AvgIpc) is 2.08. The Morgan fingerprint density at radius 1 is 1.31 bits per heavy atom. The maximum absolute atomic E-state index is 9.14. The Kier molecular flexibility index (Phi) is 4.59. The van der Waals surface area contributed by atoms with E-state index in [0.717, 1.165) is 12.0 Å². The Morgan fingerprint density at radius 2 is 1.92 bits per heavy atom. The molecule has 0 fully saturated rings. The molecule has 0 radical (unpaired) electrons. The van der Waals surface area contributed by atoms with Crippen molar-refractivity contribution < 1.29 is 10.2 Å². The molecule has 1 aromatic carbocycles. The number of nitrogens with two attached hydrogens (primary N) is 1. The van der Waals surface area contributed by atoms with Gasteiger partial charge < -0.3 is 15.9 Å². The summed E-state index contributed by atoms with van der Waals surface area (Å²) in [5, 5.41) is 18.1. The van der Waals surface area contributed by atoms with Crippen molar-refractivity contribution in [3.63, 3.8) is 0 Å².